The summed E-state index contributed by atoms with van der Waals surface area (Å²) in [5.74, 6) is -0.327. The van der Waals surface area contributed by atoms with Gasteiger partial charge in [0.15, 0.2) is 6.29 Å². The van der Waals surface area contributed by atoms with E-state index in [2.05, 4.69) is 10.3 Å². The molecule has 6 nitrogen and oxygen atoms in total. The number of carbonyl (C=O) groups excluding carboxylic acids is 1. The van der Waals surface area contributed by atoms with E-state index >= 15 is 0 Å². The minimum Gasteiger partial charge on any atom is -0.366 e. The lowest BCUT2D eigenvalue weighted by Crippen LogP contribution is -2.58. The Balaban J connectivity index is 2.02. The number of benzene rings is 1. The maximum atomic E-state index is 12.5. The van der Waals surface area contributed by atoms with Crippen LogP contribution in [0.1, 0.15) is 40.2 Å². The van der Waals surface area contributed by atoms with Crippen molar-refractivity contribution in [2.75, 3.05) is 0 Å². The molecule has 2 rings (SSSR count). The number of para-hydroxylation sites is 1. The quantitative estimate of drug-likeness (QED) is 0.601. The van der Waals surface area contributed by atoms with E-state index in [1.807, 2.05) is 51.2 Å². The molecule has 6 heteroatoms. The summed E-state index contributed by atoms with van der Waals surface area (Å²) in [6.45, 7) is 8.95. The third-order valence-corrected chi connectivity index (χ3v) is 3.98. The van der Waals surface area contributed by atoms with Crippen LogP contribution in [-0.2, 0) is 16.0 Å². The molecule has 0 bridgehead atoms. The number of ether oxygens (including phenoxy) is 1. The molecule has 0 fully saturated rings. The minimum absolute atomic E-state index is 0.327. The molecule has 1 heterocycles. The first-order chi connectivity index (χ1) is 11.5. The fourth-order valence-corrected chi connectivity index (χ4v) is 2.58. The highest BCUT2D eigenvalue weighted by atomic mass is 16.6. The SMILES string of the molecule is CC(C)(C)OC(O)C(C)(C)NC(=O)[C@H](N)Cc1c[nH]c2ccccc12. The average molecular weight is 347 g/mol. The van der Waals surface area contributed by atoms with Crippen LogP contribution in [-0.4, -0.2) is 39.5 Å². The zero-order valence-electron chi connectivity index (χ0n) is 15.6. The molecule has 1 aromatic heterocycles. The minimum atomic E-state index is -1.14. The third kappa shape index (κ3) is 5.04. The molecule has 0 aliphatic rings. The number of hydrogen-bond donors (Lipinski definition) is 4. The molecule has 2 aromatic rings. The summed E-state index contributed by atoms with van der Waals surface area (Å²) in [6.07, 6.45) is 1.14. The van der Waals surface area contributed by atoms with E-state index in [1.54, 1.807) is 13.8 Å². The first-order valence-corrected chi connectivity index (χ1v) is 8.48. The van der Waals surface area contributed by atoms with Gasteiger partial charge in [0.2, 0.25) is 5.91 Å². The maximum absolute atomic E-state index is 12.5. The van der Waals surface area contributed by atoms with Crippen LogP contribution in [0.4, 0.5) is 0 Å². The van der Waals surface area contributed by atoms with Crippen molar-refractivity contribution in [1.82, 2.24) is 10.3 Å². The van der Waals surface area contributed by atoms with E-state index in [0.29, 0.717) is 6.42 Å². The van der Waals surface area contributed by atoms with Crippen LogP contribution in [0, 0.1) is 0 Å². The number of H-pyrrole nitrogens is 1. The van der Waals surface area contributed by atoms with Gasteiger partial charge in [0.1, 0.15) is 0 Å². The molecule has 0 saturated heterocycles. The fourth-order valence-electron chi connectivity index (χ4n) is 2.58. The Labute approximate surface area is 148 Å². The third-order valence-electron chi connectivity index (χ3n) is 3.98. The lowest BCUT2D eigenvalue weighted by atomic mass is 10.0. The summed E-state index contributed by atoms with van der Waals surface area (Å²) in [5, 5.41) is 14.1. The Hall–Kier alpha value is -1.89. The van der Waals surface area contributed by atoms with Crippen LogP contribution >= 0.6 is 0 Å². The lowest BCUT2D eigenvalue weighted by Gasteiger charge is -2.36. The summed E-state index contributed by atoms with van der Waals surface area (Å²) in [6, 6.07) is 7.16. The second kappa shape index (κ2) is 7.15. The molecule has 25 heavy (non-hydrogen) atoms. The first kappa shape index (κ1) is 19.4. The van der Waals surface area contributed by atoms with Crippen molar-refractivity contribution in [2.45, 2.75) is 64.5 Å². The topological polar surface area (TPSA) is 100 Å². The van der Waals surface area contributed by atoms with Gasteiger partial charge in [-0.1, -0.05) is 18.2 Å². The molecule has 0 aliphatic carbocycles. The van der Waals surface area contributed by atoms with Gasteiger partial charge in [-0.2, -0.15) is 0 Å². The molecule has 0 spiro atoms. The molecular formula is C19H29N3O3. The number of nitrogens with one attached hydrogen (secondary N) is 2. The number of carbonyl (C=O) groups is 1. The van der Waals surface area contributed by atoms with Gasteiger partial charge >= 0.3 is 0 Å². The lowest BCUT2D eigenvalue weighted by molar-refractivity contribution is -0.199. The summed E-state index contributed by atoms with van der Waals surface area (Å²) >= 11 is 0. The number of amides is 1. The zero-order valence-corrected chi connectivity index (χ0v) is 15.6. The Kier molecular flexibility index (Phi) is 5.56. The molecule has 0 aliphatic heterocycles. The van der Waals surface area contributed by atoms with Gasteiger partial charge in [-0.25, -0.2) is 0 Å². The molecule has 2 atom stereocenters. The number of rotatable bonds is 6. The number of nitrogens with two attached hydrogens (primary N) is 1. The molecular weight excluding hydrogens is 318 g/mol. The van der Waals surface area contributed by atoms with Gasteiger partial charge in [-0.05, 0) is 52.7 Å². The predicted molar refractivity (Wildman–Crippen MR) is 99.0 cm³/mol. The van der Waals surface area contributed by atoms with Crippen LogP contribution in [0.5, 0.6) is 0 Å². The summed E-state index contributed by atoms with van der Waals surface area (Å²) < 4.78 is 5.54. The van der Waals surface area contributed by atoms with E-state index in [-0.39, 0.29) is 5.91 Å². The first-order valence-electron chi connectivity index (χ1n) is 8.48. The van der Waals surface area contributed by atoms with E-state index in [0.717, 1.165) is 16.5 Å². The van der Waals surface area contributed by atoms with Gasteiger partial charge in [0.05, 0.1) is 17.2 Å². The highest BCUT2D eigenvalue weighted by molar-refractivity contribution is 5.86. The average Bonchev–Trinajstić information content (AvgIpc) is 2.88. The number of aromatic amines is 1. The summed E-state index contributed by atoms with van der Waals surface area (Å²) in [5.41, 5.74) is 6.61. The molecule has 5 N–H and O–H groups in total. The second-order valence-electron chi connectivity index (χ2n) is 7.96. The van der Waals surface area contributed by atoms with Crippen LogP contribution in [0.25, 0.3) is 10.9 Å². The van der Waals surface area contributed by atoms with Crippen molar-refractivity contribution in [2.24, 2.45) is 5.73 Å². The number of aliphatic hydroxyl groups excluding tert-OH is 1. The van der Waals surface area contributed by atoms with Gasteiger partial charge in [0, 0.05) is 17.1 Å². The van der Waals surface area contributed by atoms with Crippen molar-refractivity contribution in [1.29, 1.82) is 0 Å². The number of hydrogen-bond acceptors (Lipinski definition) is 4. The van der Waals surface area contributed by atoms with Gasteiger partial charge < -0.3 is 25.9 Å². The highest BCUT2D eigenvalue weighted by Crippen LogP contribution is 2.20. The number of aliphatic hydroxyl groups is 1. The van der Waals surface area contributed by atoms with Crippen molar-refractivity contribution in [3.8, 4) is 0 Å². The van der Waals surface area contributed by atoms with Crippen LogP contribution in [0.15, 0.2) is 30.5 Å². The Bertz CT molecular complexity index is 731. The Morgan fingerprint density at radius 2 is 1.92 bits per heavy atom. The smallest absolute Gasteiger partial charge is 0.237 e. The van der Waals surface area contributed by atoms with E-state index < -0.39 is 23.5 Å². The molecule has 1 amide bonds. The number of aromatic nitrogens is 1. The van der Waals surface area contributed by atoms with Crippen molar-refractivity contribution in [3.63, 3.8) is 0 Å². The van der Waals surface area contributed by atoms with Gasteiger partial charge in [0.25, 0.3) is 0 Å². The fraction of sp³-hybridized carbons (Fsp3) is 0.526. The molecule has 1 unspecified atom stereocenters. The van der Waals surface area contributed by atoms with Gasteiger partial charge in [-0.3, -0.25) is 4.79 Å². The van der Waals surface area contributed by atoms with E-state index in [1.165, 1.54) is 0 Å². The van der Waals surface area contributed by atoms with Crippen LogP contribution in [0.3, 0.4) is 0 Å². The molecule has 138 valence electrons. The maximum Gasteiger partial charge on any atom is 0.237 e. The Morgan fingerprint density at radius 1 is 1.28 bits per heavy atom. The largest absolute Gasteiger partial charge is 0.366 e. The van der Waals surface area contributed by atoms with Crippen LogP contribution in [0.2, 0.25) is 0 Å². The van der Waals surface area contributed by atoms with Gasteiger partial charge in [-0.15, -0.1) is 0 Å². The van der Waals surface area contributed by atoms with Crippen molar-refractivity contribution < 1.29 is 14.6 Å². The molecule has 0 saturated carbocycles. The molecule has 1 aromatic carbocycles. The van der Waals surface area contributed by atoms with E-state index in [9.17, 15) is 9.90 Å². The number of fused-ring (bicyclic) bond motifs is 1. The summed E-state index contributed by atoms with van der Waals surface area (Å²) in [7, 11) is 0. The zero-order chi connectivity index (χ0) is 18.8. The van der Waals surface area contributed by atoms with Crippen LogP contribution < -0.4 is 11.1 Å². The van der Waals surface area contributed by atoms with E-state index in [4.69, 9.17) is 10.5 Å². The van der Waals surface area contributed by atoms with Crippen molar-refractivity contribution in [3.05, 3.63) is 36.0 Å². The molecule has 0 radical (unpaired) electrons. The predicted octanol–water partition coefficient (Wildman–Crippen LogP) is 2.07. The normalized spacial score (nSPS) is 15.2. The monoisotopic (exact) mass is 347 g/mol. The standard InChI is InChI=1S/C19H29N3O3/c1-18(2,3)25-17(24)19(4,5)22-16(23)14(20)10-12-11-21-15-9-7-6-8-13(12)15/h6-9,11,14,17,21,24H,10,20H2,1-5H3,(H,22,23)/t14-,17?/m1/s1. The second-order valence-corrected chi connectivity index (χ2v) is 7.96. The van der Waals surface area contributed by atoms with Crippen molar-refractivity contribution >= 4 is 16.8 Å². The summed E-state index contributed by atoms with van der Waals surface area (Å²) in [4.78, 5) is 15.7. The Morgan fingerprint density at radius 3 is 2.56 bits per heavy atom. The highest BCUT2D eigenvalue weighted by Gasteiger charge is 2.34.